The van der Waals surface area contributed by atoms with E-state index in [-0.39, 0.29) is 22.9 Å². The van der Waals surface area contributed by atoms with E-state index in [2.05, 4.69) is 27.7 Å². The number of hydrogen-bond acceptors (Lipinski definition) is 1. The Hall–Kier alpha value is -0.250. The van der Waals surface area contributed by atoms with Crippen LogP contribution < -0.4 is 0 Å². The van der Waals surface area contributed by atoms with Gasteiger partial charge in [0.15, 0.2) is 0 Å². The van der Waals surface area contributed by atoms with Crippen LogP contribution in [0.2, 0.25) is 0 Å². The van der Waals surface area contributed by atoms with Gasteiger partial charge in [-0.2, -0.15) is 13.2 Å². The van der Waals surface area contributed by atoms with E-state index in [0.717, 1.165) is 0 Å². The Morgan fingerprint density at radius 3 is 1.60 bits per heavy atom. The predicted molar refractivity (Wildman–Crippen MR) is 77.7 cm³/mol. The molecule has 0 spiro atoms. The maximum absolute atomic E-state index is 12.4. The molecule has 20 heavy (non-hydrogen) atoms. The molecule has 0 aromatic carbocycles. The van der Waals surface area contributed by atoms with Crippen molar-refractivity contribution in [2.75, 3.05) is 6.61 Å². The fraction of sp³-hybridized carbons (Fsp3) is 1.00. The van der Waals surface area contributed by atoms with Crippen LogP contribution in [0, 0.1) is 22.7 Å². The first-order valence-electron chi connectivity index (χ1n) is 7.33. The van der Waals surface area contributed by atoms with E-state index < -0.39 is 12.8 Å². The number of ether oxygens (including phenoxy) is 1. The number of alkyl halides is 3. The van der Waals surface area contributed by atoms with E-state index in [1.54, 1.807) is 0 Å². The van der Waals surface area contributed by atoms with Gasteiger partial charge in [-0.05, 0) is 29.1 Å². The lowest BCUT2D eigenvalue weighted by atomic mass is 9.72. The van der Waals surface area contributed by atoms with Crippen LogP contribution in [0.15, 0.2) is 0 Å². The molecule has 3 unspecified atom stereocenters. The van der Waals surface area contributed by atoms with Crippen LogP contribution in [0.1, 0.15) is 61.8 Å². The van der Waals surface area contributed by atoms with E-state index in [1.165, 1.54) is 0 Å². The quantitative estimate of drug-likeness (QED) is 0.633. The van der Waals surface area contributed by atoms with Gasteiger partial charge < -0.3 is 4.74 Å². The maximum Gasteiger partial charge on any atom is 0.411 e. The van der Waals surface area contributed by atoms with Crippen molar-refractivity contribution in [3.05, 3.63) is 0 Å². The van der Waals surface area contributed by atoms with Crippen molar-refractivity contribution in [2.24, 2.45) is 22.7 Å². The SMILES string of the molecule is CC(CC(OCC(F)(F)F)C(C)C(C)(C)C)C(C)(C)C. The van der Waals surface area contributed by atoms with Gasteiger partial charge in [0.25, 0.3) is 0 Å². The highest BCUT2D eigenvalue weighted by Crippen LogP contribution is 2.37. The molecule has 4 heteroatoms. The molecule has 0 fully saturated rings. The summed E-state index contributed by atoms with van der Waals surface area (Å²) in [5.41, 5.74) is -0.00861. The highest BCUT2D eigenvalue weighted by Gasteiger charge is 2.36. The van der Waals surface area contributed by atoms with Crippen molar-refractivity contribution in [1.82, 2.24) is 0 Å². The molecule has 3 atom stereocenters. The Morgan fingerprint density at radius 1 is 0.850 bits per heavy atom. The highest BCUT2D eigenvalue weighted by molar-refractivity contribution is 4.82. The van der Waals surface area contributed by atoms with E-state index >= 15 is 0 Å². The van der Waals surface area contributed by atoms with E-state index in [4.69, 9.17) is 4.74 Å². The molecular weight excluding hydrogens is 265 g/mol. The lowest BCUT2D eigenvalue weighted by Gasteiger charge is -2.38. The van der Waals surface area contributed by atoms with Gasteiger partial charge in [0, 0.05) is 0 Å². The molecule has 1 nitrogen and oxygen atoms in total. The average molecular weight is 296 g/mol. The summed E-state index contributed by atoms with van der Waals surface area (Å²) in [7, 11) is 0. The number of rotatable bonds is 5. The normalized spacial score (nSPS) is 18.8. The summed E-state index contributed by atoms with van der Waals surface area (Å²) in [6.07, 6.45) is -3.98. The van der Waals surface area contributed by atoms with Gasteiger partial charge in [-0.3, -0.25) is 0 Å². The first kappa shape index (κ1) is 19.8. The summed E-state index contributed by atoms with van der Waals surface area (Å²) in [6, 6.07) is 0. The van der Waals surface area contributed by atoms with Crippen molar-refractivity contribution >= 4 is 0 Å². The monoisotopic (exact) mass is 296 g/mol. The molecule has 0 bridgehead atoms. The Morgan fingerprint density at radius 2 is 1.30 bits per heavy atom. The van der Waals surface area contributed by atoms with Crippen LogP contribution in [0.25, 0.3) is 0 Å². The molecule has 122 valence electrons. The molecule has 0 saturated heterocycles. The summed E-state index contributed by atoms with van der Waals surface area (Å²) in [6.45, 7) is 15.4. The average Bonchev–Trinajstić information content (AvgIpc) is 2.18. The third-order valence-corrected chi connectivity index (χ3v) is 4.45. The highest BCUT2D eigenvalue weighted by atomic mass is 19.4. The van der Waals surface area contributed by atoms with E-state index in [9.17, 15) is 13.2 Å². The summed E-state index contributed by atoms with van der Waals surface area (Å²) in [4.78, 5) is 0. The molecule has 0 aromatic heterocycles. The topological polar surface area (TPSA) is 9.23 Å². The van der Waals surface area contributed by atoms with E-state index in [1.807, 2.05) is 27.7 Å². The Bertz CT molecular complexity index is 284. The third kappa shape index (κ3) is 7.51. The predicted octanol–water partition coefficient (Wildman–Crippen LogP) is 5.69. The molecular formula is C16H31F3O. The van der Waals surface area contributed by atoms with E-state index in [0.29, 0.717) is 12.3 Å². The van der Waals surface area contributed by atoms with Crippen molar-refractivity contribution < 1.29 is 17.9 Å². The van der Waals surface area contributed by atoms with Crippen molar-refractivity contribution in [3.63, 3.8) is 0 Å². The van der Waals surface area contributed by atoms with Crippen molar-refractivity contribution in [1.29, 1.82) is 0 Å². The molecule has 0 amide bonds. The number of hydrogen-bond donors (Lipinski definition) is 0. The fourth-order valence-electron chi connectivity index (χ4n) is 1.88. The second-order valence-corrected chi connectivity index (χ2v) is 8.12. The minimum atomic E-state index is -4.26. The van der Waals surface area contributed by atoms with Crippen molar-refractivity contribution in [3.8, 4) is 0 Å². The van der Waals surface area contributed by atoms with Gasteiger partial charge in [0.05, 0.1) is 6.10 Å². The minimum Gasteiger partial charge on any atom is -0.368 e. The minimum absolute atomic E-state index is 0.0645. The summed E-state index contributed by atoms with van der Waals surface area (Å²) in [5.74, 6) is 0.361. The van der Waals surface area contributed by atoms with Crippen LogP contribution in [0.5, 0.6) is 0 Å². The molecule has 0 saturated carbocycles. The summed E-state index contributed by atoms with van der Waals surface area (Å²) in [5, 5.41) is 0. The molecule has 0 heterocycles. The molecule has 0 aliphatic rings. The van der Waals surface area contributed by atoms with Gasteiger partial charge in [0.2, 0.25) is 0 Å². The molecule has 0 N–H and O–H groups in total. The van der Waals surface area contributed by atoms with Gasteiger partial charge in [-0.1, -0.05) is 55.4 Å². The van der Waals surface area contributed by atoms with Crippen LogP contribution in [0.3, 0.4) is 0 Å². The second-order valence-electron chi connectivity index (χ2n) is 8.12. The first-order chi connectivity index (χ1) is 8.64. The molecule has 0 aromatic rings. The Balaban J connectivity index is 4.89. The largest absolute Gasteiger partial charge is 0.411 e. The van der Waals surface area contributed by atoms with Gasteiger partial charge in [0.1, 0.15) is 6.61 Å². The molecule has 0 aliphatic heterocycles. The molecule has 0 radical (unpaired) electrons. The Kier molecular flexibility index (Phi) is 6.59. The summed E-state index contributed by atoms with van der Waals surface area (Å²) < 4.78 is 42.5. The van der Waals surface area contributed by atoms with Crippen LogP contribution in [-0.2, 0) is 4.74 Å². The molecule has 0 rings (SSSR count). The van der Waals surface area contributed by atoms with Crippen LogP contribution in [-0.4, -0.2) is 18.9 Å². The lowest BCUT2D eigenvalue weighted by molar-refractivity contribution is -0.196. The van der Waals surface area contributed by atoms with Gasteiger partial charge >= 0.3 is 6.18 Å². The van der Waals surface area contributed by atoms with Crippen LogP contribution in [0.4, 0.5) is 13.2 Å². The Labute approximate surface area is 122 Å². The fourth-order valence-corrected chi connectivity index (χ4v) is 1.88. The zero-order valence-electron chi connectivity index (χ0n) is 14.2. The first-order valence-corrected chi connectivity index (χ1v) is 7.33. The maximum atomic E-state index is 12.4. The van der Waals surface area contributed by atoms with Crippen molar-refractivity contribution in [2.45, 2.75) is 74.1 Å². The molecule has 0 aliphatic carbocycles. The summed E-state index contributed by atoms with van der Waals surface area (Å²) >= 11 is 0. The lowest BCUT2D eigenvalue weighted by Crippen LogP contribution is -2.37. The zero-order valence-corrected chi connectivity index (χ0v) is 14.2. The van der Waals surface area contributed by atoms with Gasteiger partial charge in [-0.25, -0.2) is 0 Å². The second kappa shape index (κ2) is 6.67. The standard InChI is InChI=1S/C16H31F3O/c1-11(14(3,4)5)9-13(12(2)15(6,7)8)20-10-16(17,18)19/h11-13H,9-10H2,1-8H3. The smallest absolute Gasteiger partial charge is 0.368 e. The van der Waals surface area contributed by atoms with Gasteiger partial charge in [-0.15, -0.1) is 0 Å². The van der Waals surface area contributed by atoms with Crippen LogP contribution >= 0.6 is 0 Å². The third-order valence-electron chi connectivity index (χ3n) is 4.45. The zero-order chi connectivity index (χ0) is 16.4. The number of halogens is 3.